The summed E-state index contributed by atoms with van der Waals surface area (Å²) in [6.45, 7) is 17.5. The van der Waals surface area contributed by atoms with Crippen molar-refractivity contribution in [1.82, 2.24) is 47.5 Å². The number of anilines is 3. The number of fused-ring (bicyclic) bond motifs is 5. The summed E-state index contributed by atoms with van der Waals surface area (Å²) in [5, 5.41) is 29.3. The van der Waals surface area contributed by atoms with Gasteiger partial charge in [0.2, 0.25) is 23.6 Å². The van der Waals surface area contributed by atoms with Crippen molar-refractivity contribution in [1.29, 1.82) is 0 Å². The molecule has 11 aromatic rings. The molecule has 1 unspecified atom stereocenters. The number of ether oxygens (including phenoxy) is 4. The Morgan fingerprint density at radius 2 is 0.785 bits per heavy atom. The lowest BCUT2D eigenvalue weighted by molar-refractivity contribution is -0.124. The average molecular weight is 2020 g/mol. The van der Waals surface area contributed by atoms with Crippen LogP contribution in [0.5, 0.6) is 0 Å². The van der Waals surface area contributed by atoms with Crippen LogP contribution in [0.1, 0.15) is 184 Å². The minimum Gasteiger partial charge on any atom is -0.378 e. The number of benzene rings is 5. The molecule has 8 amide bonds. The van der Waals surface area contributed by atoms with Crippen LogP contribution in [-0.2, 0) is 38.1 Å². The van der Waals surface area contributed by atoms with Gasteiger partial charge in [0.15, 0.2) is 5.78 Å². The standard InChI is InChI=1S/C21H24ClN3O3S.C20H22ClN3O3S.C20H16ClN3O2S.C20H19ClN2O3S.C19H20ClNO2S/c1-2-7-23-20(26)18-17(13-3-5-14(22)6-4-13)15-12-16(25-8-10-28-11-9-25)29-19(15)21(27)24-18;1-2-22-19(25)17-16(12-3-5-13(21)6-4-12)14-11-15(24-7-9-27-10-8-24)28-18(14)20(26)23-17;1-22-19(25)17-16(12-2-4-13(21)5-3-12)14-10-15(11-6-8-23-9-7-11)27-18(14)20(26)24-17;1-22-19(24)17-16(12-2-4-13(21)5-3-12)14-10-15(11-6-8-26-9-7-11)27-18(14)20(25)23-17;1-12-10-13(2-4-16(12)20)14-3-5-17(22)19-15(14)11-18(24-19)21-6-8-23-9-7-21/h3-6,12,17-18H,2,7-11H2,1H3,(H,23,26)(H,24,27);3-6,11,16-17H,2,7-10H2,1H3,(H,22,25)(H,23,26);2-10,16-17H,1H3,(H,22,25)(H,24,26);2-6,10,16-17H,7-9H2,1H3,(H,22,24)(H,23,25);2,4,10-11,14H,3,5-9H2,1H3/t17-,18-;3*16-,17-;/m1111./s1. The first-order valence-corrected chi connectivity index (χ1v) is 50.8. The number of aromatic nitrogens is 1. The Bertz CT molecular complexity index is 6190. The predicted octanol–water partition coefficient (Wildman–Crippen LogP) is 16.9. The number of nitrogens with zero attached hydrogens (tertiary/aromatic N) is 4. The Balaban J connectivity index is 0.000000123. The number of Topliss-reactive ketones (excluding diaryl/α,β-unsaturated/α-hetero) is 1. The number of likely N-dealkylation sites (N-methyl/N-ethyl adjacent to an activating group) is 3. The molecule has 0 spiro atoms. The third kappa shape index (κ3) is 22.3. The van der Waals surface area contributed by atoms with Crippen LogP contribution in [0.25, 0.3) is 16.0 Å². The van der Waals surface area contributed by atoms with E-state index in [4.69, 9.17) is 77.0 Å². The van der Waals surface area contributed by atoms with Crippen molar-refractivity contribution in [2.45, 2.75) is 100 Å². The number of aryl methyl sites for hydroxylation is 1. The predicted molar refractivity (Wildman–Crippen MR) is 537 cm³/mol. The summed E-state index contributed by atoms with van der Waals surface area (Å²) in [6, 6.07) is 47.6. The molecular formula is C100H101Cl5N12O13S5. The number of nitrogens with one attached hydrogen (secondary N) is 8. The molecule has 14 heterocycles. The number of pyridine rings is 1. The molecule has 20 rings (SSSR count). The average Bonchev–Trinajstić information content (AvgIpc) is 1.62. The van der Waals surface area contributed by atoms with Crippen LogP contribution in [0.4, 0.5) is 15.0 Å². The zero-order chi connectivity index (χ0) is 94.7. The van der Waals surface area contributed by atoms with Gasteiger partial charge in [0, 0.05) is 150 Å². The maximum atomic E-state index is 12.9. The maximum absolute atomic E-state index is 12.9. The summed E-state index contributed by atoms with van der Waals surface area (Å²) in [7, 11) is 3.15. The molecule has 3 saturated heterocycles. The summed E-state index contributed by atoms with van der Waals surface area (Å²) in [4.78, 5) is 131. The van der Waals surface area contributed by atoms with Gasteiger partial charge in [-0.1, -0.05) is 132 Å². The Kier molecular flexibility index (Phi) is 32.4. The quantitative estimate of drug-likeness (QED) is 0.0420. The second kappa shape index (κ2) is 44.8. The van der Waals surface area contributed by atoms with Gasteiger partial charge in [-0.25, -0.2) is 0 Å². The van der Waals surface area contributed by atoms with Crippen molar-refractivity contribution >= 4 is 188 Å². The number of halogens is 5. The van der Waals surface area contributed by atoms with Gasteiger partial charge < -0.3 is 76.2 Å². The number of carbonyl (C=O) groups excluding carboxylic acids is 9. The van der Waals surface area contributed by atoms with Gasteiger partial charge in [-0.15, -0.1) is 56.7 Å². The number of morpholine rings is 3. The molecule has 0 saturated carbocycles. The number of rotatable bonds is 17. The van der Waals surface area contributed by atoms with Crippen LogP contribution in [0.3, 0.4) is 0 Å². The lowest BCUT2D eigenvalue weighted by Gasteiger charge is -2.32. The largest absolute Gasteiger partial charge is 0.378 e. The van der Waals surface area contributed by atoms with E-state index in [2.05, 4.69) is 105 Å². The van der Waals surface area contributed by atoms with Gasteiger partial charge in [0.1, 0.15) is 24.2 Å². The van der Waals surface area contributed by atoms with E-state index in [1.807, 2.05) is 130 Å². The minimum absolute atomic E-state index is 0.162. The van der Waals surface area contributed by atoms with E-state index < -0.39 is 24.2 Å². The monoisotopic (exact) mass is 2010 g/mol. The minimum atomic E-state index is -0.684. The molecule has 9 aliphatic rings. The van der Waals surface area contributed by atoms with Crippen LogP contribution >= 0.6 is 115 Å². The van der Waals surface area contributed by atoms with E-state index >= 15 is 0 Å². The molecular weight excluding hydrogens is 1910 g/mol. The summed E-state index contributed by atoms with van der Waals surface area (Å²) in [5.74, 6) is -2.10. The van der Waals surface area contributed by atoms with Crippen molar-refractivity contribution in [3.8, 4) is 10.4 Å². The fourth-order valence-corrected chi connectivity index (χ4v) is 24.6. The molecule has 6 aromatic heterocycles. The molecule has 704 valence electrons. The van der Waals surface area contributed by atoms with Gasteiger partial charge in [-0.05, 0) is 203 Å². The third-order valence-electron chi connectivity index (χ3n) is 24.9. The van der Waals surface area contributed by atoms with Gasteiger partial charge in [-0.3, -0.25) is 48.1 Å². The molecule has 1 aliphatic carbocycles. The second-order valence-corrected chi connectivity index (χ2v) is 40.7. The number of thiophene rings is 5. The highest BCUT2D eigenvalue weighted by atomic mass is 35.5. The van der Waals surface area contributed by atoms with E-state index in [1.54, 1.807) is 50.0 Å². The number of ketones is 1. The van der Waals surface area contributed by atoms with Crippen molar-refractivity contribution in [2.75, 3.05) is 134 Å². The van der Waals surface area contributed by atoms with Gasteiger partial charge >= 0.3 is 0 Å². The molecule has 5 aromatic carbocycles. The molecule has 8 aliphatic heterocycles. The van der Waals surface area contributed by atoms with E-state index in [-0.39, 0.29) is 76.7 Å². The van der Waals surface area contributed by atoms with Gasteiger partial charge in [0.25, 0.3) is 23.6 Å². The topological polar surface area (TPSA) is 309 Å². The van der Waals surface area contributed by atoms with Crippen molar-refractivity contribution in [3.05, 3.63) is 292 Å². The number of hydrogen-bond donors (Lipinski definition) is 8. The van der Waals surface area contributed by atoms with Crippen LogP contribution in [0.15, 0.2) is 176 Å². The molecule has 25 nitrogen and oxygen atoms in total. The van der Waals surface area contributed by atoms with Crippen molar-refractivity contribution < 1.29 is 62.1 Å². The van der Waals surface area contributed by atoms with Crippen molar-refractivity contribution in [3.63, 3.8) is 0 Å². The number of amides is 8. The molecule has 9 atom stereocenters. The first-order chi connectivity index (χ1) is 65.4. The Labute approximate surface area is 827 Å². The third-order valence-corrected chi connectivity index (χ3v) is 32.5. The van der Waals surface area contributed by atoms with Crippen molar-refractivity contribution in [2.24, 2.45) is 0 Å². The zero-order valence-electron chi connectivity index (χ0n) is 74.6. The van der Waals surface area contributed by atoms with Crippen LogP contribution < -0.4 is 57.2 Å². The lowest BCUT2D eigenvalue weighted by Crippen LogP contribution is -2.53. The van der Waals surface area contributed by atoms with Gasteiger partial charge in [0.05, 0.1) is 92.2 Å². The van der Waals surface area contributed by atoms with Crippen LogP contribution in [0.2, 0.25) is 25.1 Å². The maximum Gasteiger partial charge on any atom is 0.262 e. The van der Waals surface area contributed by atoms with E-state index in [0.717, 1.165) is 157 Å². The van der Waals surface area contributed by atoms with E-state index in [0.29, 0.717) is 105 Å². The highest BCUT2D eigenvalue weighted by Gasteiger charge is 2.46. The smallest absolute Gasteiger partial charge is 0.262 e. The SMILES string of the molecule is CCCNC(=O)[C@@H]1NC(=O)c2sc(N3CCOCC3)cc2[C@H]1c1ccc(Cl)cc1.CCNC(=O)[C@@H]1NC(=O)c2sc(N3CCOCC3)cc2[C@H]1c1ccc(Cl)cc1.CNC(=O)[C@@H]1NC(=O)c2sc(-c3ccncc3)cc2[C@H]1c1ccc(Cl)cc1.CNC(=O)[C@@H]1NC(=O)c2sc(C3=CCOCC3)cc2[C@H]1c1ccc(Cl)cc1.Cc1cc(C2CCC(=O)c3sc(N4CCOCC4)cc32)ccc1Cl. The number of carbonyl (C=O) groups is 9. The van der Waals surface area contributed by atoms with E-state index in [1.165, 1.54) is 67.0 Å². The van der Waals surface area contributed by atoms with E-state index in [9.17, 15) is 43.2 Å². The zero-order valence-corrected chi connectivity index (χ0v) is 82.5. The highest BCUT2D eigenvalue weighted by molar-refractivity contribution is 7.19. The molecule has 0 bridgehead atoms. The summed E-state index contributed by atoms with van der Waals surface area (Å²) >= 11 is 37.9. The second-order valence-electron chi connectivity index (χ2n) is 33.3. The summed E-state index contributed by atoms with van der Waals surface area (Å²) in [5.41, 5.74) is 13.1. The Morgan fingerprint density at radius 3 is 1.18 bits per heavy atom. The van der Waals surface area contributed by atoms with Crippen LogP contribution in [-0.4, -0.2) is 202 Å². The molecule has 8 N–H and O–H groups in total. The number of hydrogen-bond acceptors (Lipinski definition) is 22. The van der Waals surface area contributed by atoms with Gasteiger partial charge in [-0.2, -0.15) is 0 Å². The molecule has 0 radical (unpaired) electrons. The Morgan fingerprint density at radius 1 is 0.415 bits per heavy atom. The first kappa shape index (κ1) is 97.7. The fraction of sp³-hybridized carbons (Fsp3) is 0.340. The molecule has 35 heteroatoms. The Hall–Kier alpha value is -10.4. The van der Waals surface area contributed by atoms with Crippen LogP contribution in [0, 0.1) is 6.92 Å². The molecule has 3 fully saturated rings. The summed E-state index contributed by atoms with van der Waals surface area (Å²) in [6.07, 6.45) is 8.67. The normalized spacial score (nSPS) is 20.9. The fourth-order valence-electron chi connectivity index (χ4n) is 18.1. The molecule has 135 heavy (non-hydrogen) atoms. The first-order valence-electron chi connectivity index (χ1n) is 44.8. The highest BCUT2D eigenvalue weighted by Crippen LogP contribution is 2.49. The lowest BCUT2D eigenvalue weighted by atomic mass is 9.82. The summed E-state index contributed by atoms with van der Waals surface area (Å²) < 4.78 is 21.7.